The Kier molecular flexibility index (Phi) is 4.70. The molecule has 2 N–H and O–H groups in total. The third-order valence-electron chi connectivity index (χ3n) is 5.32. The van der Waals surface area contributed by atoms with Gasteiger partial charge in [-0.2, -0.15) is 0 Å². The number of nitrogens with two attached hydrogens (primary N) is 1. The average Bonchev–Trinajstić information content (AvgIpc) is 2.97. The van der Waals surface area contributed by atoms with Gasteiger partial charge < -0.3 is 20.3 Å². The van der Waals surface area contributed by atoms with Gasteiger partial charge in [-0.1, -0.05) is 18.2 Å². The van der Waals surface area contributed by atoms with Crippen LogP contribution in [0, 0.1) is 13.8 Å². The van der Waals surface area contributed by atoms with Gasteiger partial charge in [0.1, 0.15) is 18.2 Å². The van der Waals surface area contributed by atoms with Crippen molar-refractivity contribution < 1.29 is 9.53 Å². The van der Waals surface area contributed by atoms with Gasteiger partial charge in [0.2, 0.25) is 5.82 Å². The van der Waals surface area contributed by atoms with Crippen molar-refractivity contribution >= 4 is 11.7 Å². The summed E-state index contributed by atoms with van der Waals surface area (Å²) in [6, 6.07) is 7.97. The zero-order valence-corrected chi connectivity index (χ0v) is 15.8. The lowest BCUT2D eigenvalue weighted by atomic mass is 10.2. The molecule has 0 saturated carbocycles. The van der Waals surface area contributed by atoms with E-state index in [-0.39, 0.29) is 17.8 Å². The summed E-state index contributed by atoms with van der Waals surface area (Å²) in [4.78, 5) is 26.2. The van der Waals surface area contributed by atoms with Crippen molar-refractivity contribution in [3.63, 3.8) is 0 Å². The minimum Gasteiger partial charge on any atom is -0.491 e. The number of aromatic nitrogens is 2. The Labute approximate surface area is 159 Å². The number of benzene rings is 1. The molecule has 0 aliphatic carbocycles. The molecule has 142 valence electrons. The summed E-state index contributed by atoms with van der Waals surface area (Å²) in [6.45, 7) is 7.00. The number of nitrogens with zero attached hydrogens (tertiary/aromatic N) is 4. The van der Waals surface area contributed by atoms with Crippen molar-refractivity contribution in [3.05, 3.63) is 46.9 Å². The number of amides is 1. The third-order valence-corrected chi connectivity index (χ3v) is 5.32. The van der Waals surface area contributed by atoms with Crippen LogP contribution in [0.1, 0.15) is 33.9 Å². The highest BCUT2D eigenvalue weighted by Crippen LogP contribution is 2.26. The third kappa shape index (κ3) is 3.47. The smallest absolute Gasteiger partial charge is 0.292 e. The van der Waals surface area contributed by atoms with Crippen LogP contribution >= 0.6 is 0 Å². The van der Waals surface area contributed by atoms with E-state index in [9.17, 15) is 4.79 Å². The van der Waals surface area contributed by atoms with Crippen LogP contribution in [0.2, 0.25) is 0 Å². The molecular formula is C20H25N5O2. The van der Waals surface area contributed by atoms with Crippen molar-refractivity contribution in [1.82, 2.24) is 14.9 Å². The molecule has 2 aliphatic rings. The van der Waals surface area contributed by atoms with Crippen molar-refractivity contribution in [2.24, 2.45) is 5.73 Å². The molecule has 1 aromatic heterocycles. The summed E-state index contributed by atoms with van der Waals surface area (Å²) < 4.78 is 5.77. The Bertz CT molecular complexity index is 869. The number of fused-ring (bicyclic) bond motifs is 1. The van der Waals surface area contributed by atoms with Gasteiger partial charge in [0.25, 0.3) is 5.91 Å². The van der Waals surface area contributed by atoms with Crippen molar-refractivity contribution in [1.29, 1.82) is 0 Å². The number of carbonyl (C=O) groups excluding carboxylic acids is 1. The summed E-state index contributed by atoms with van der Waals surface area (Å²) >= 11 is 0. The van der Waals surface area contributed by atoms with E-state index in [0.29, 0.717) is 19.7 Å². The molecule has 0 radical (unpaired) electrons. The molecule has 1 amide bonds. The molecule has 1 aromatic carbocycles. The van der Waals surface area contributed by atoms with E-state index >= 15 is 0 Å². The lowest BCUT2D eigenvalue weighted by Crippen LogP contribution is -2.35. The van der Waals surface area contributed by atoms with Crippen molar-refractivity contribution in [2.75, 3.05) is 31.1 Å². The number of para-hydroxylation sites is 1. The maximum atomic E-state index is 13.2. The van der Waals surface area contributed by atoms with Crippen LogP contribution in [-0.4, -0.2) is 53.1 Å². The van der Waals surface area contributed by atoms with E-state index in [1.165, 1.54) is 0 Å². The van der Waals surface area contributed by atoms with E-state index in [1.807, 2.05) is 38.1 Å². The Morgan fingerprint density at radius 2 is 2.04 bits per heavy atom. The van der Waals surface area contributed by atoms with Gasteiger partial charge in [-0.05, 0) is 26.3 Å². The molecule has 4 rings (SSSR count). The molecule has 1 saturated heterocycles. The van der Waals surface area contributed by atoms with Crippen LogP contribution in [0.25, 0.3) is 0 Å². The Hall–Kier alpha value is -2.67. The van der Waals surface area contributed by atoms with Gasteiger partial charge >= 0.3 is 0 Å². The fourth-order valence-corrected chi connectivity index (χ4v) is 3.64. The van der Waals surface area contributed by atoms with Gasteiger partial charge in [0, 0.05) is 42.5 Å². The maximum Gasteiger partial charge on any atom is 0.292 e. The SMILES string of the molecule is Cc1nc(C(=O)N2CCOc3ccccc3C2)nc(N2CC[C@@H](N)C2)c1C. The molecule has 0 spiro atoms. The Morgan fingerprint density at radius 3 is 2.81 bits per heavy atom. The zero-order valence-electron chi connectivity index (χ0n) is 15.8. The highest BCUT2D eigenvalue weighted by Gasteiger charge is 2.27. The normalized spacial score (nSPS) is 19.4. The van der Waals surface area contributed by atoms with Gasteiger partial charge in [0.05, 0.1) is 6.54 Å². The molecule has 3 heterocycles. The van der Waals surface area contributed by atoms with Gasteiger partial charge in [0.15, 0.2) is 0 Å². The fraction of sp³-hybridized carbons (Fsp3) is 0.450. The van der Waals surface area contributed by atoms with E-state index in [0.717, 1.165) is 47.9 Å². The summed E-state index contributed by atoms with van der Waals surface area (Å²) in [5.74, 6) is 1.74. The minimum absolute atomic E-state index is 0.151. The monoisotopic (exact) mass is 367 g/mol. The summed E-state index contributed by atoms with van der Waals surface area (Å²) in [6.07, 6.45) is 0.937. The van der Waals surface area contributed by atoms with Gasteiger partial charge in [-0.3, -0.25) is 4.79 Å². The number of rotatable bonds is 2. The highest BCUT2D eigenvalue weighted by atomic mass is 16.5. The van der Waals surface area contributed by atoms with Crippen molar-refractivity contribution in [2.45, 2.75) is 32.9 Å². The Morgan fingerprint density at radius 1 is 1.22 bits per heavy atom. The van der Waals surface area contributed by atoms with E-state index < -0.39 is 0 Å². The van der Waals surface area contributed by atoms with Crippen LogP contribution in [-0.2, 0) is 6.54 Å². The first kappa shape index (κ1) is 17.7. The molecule has 1 fully saturated rings. The van der Waals surface area contributed by atoms with Crippen LogP contribution in [0.15, 0.2) is 24.3 Å². The lowest BCUT2D eigenvalue weighted by Gasteiger charge is -2.23. The van der Waals surface area contributed by atoms with E-state index in [2.05, 4.69) is 14.9 Å². The molecule has 7 nitrogen and oxygen atoms in total. The minimum atomic E-state index is -0.164. The van der Waals surface area contributed by atoms with Crippen LogP contribution in [0.3, 0.4) is 0 Å². The second-order valence-electron chi connectivity index (χ2n) is 7.26. The van der Waals surface area contributed by atoms with Gasteiger partial charge in [-0.25, -0.2) is 9.97 Å². The number of hydrogen-bond donors (Lipinski definition) is 1. The first-order chi connectivity index (χ1) is 13.0. The molecular weight excluding hydrogens is 342 g/mol. The molecule has 2 aliphatic heterocycles. The maximum absolute atomic E-state index is 13.2. The fourth-order valence-electron chi connectivity index (χ4n) is 3.64. The largest absolute Gasteiger partial charge is 0.491 e. The second-order valence-corrected chi connectivity index (χ2v) is 7.26. The predicted octanol–water partition coefficient (Wildman–Crippen LogP) is 1.67. The second kappa shape index (κ2) is 7.15. The number of ether oxygens (including phenoxy) is 1. The number of aryl methyl sites for hydroxylation is 1. The lowest BCUT2D eigenvalue weighted by molar-refractivity contribution is 0.0720. The number of anilines is 1. The number of carbonyl (C=O) groups is 1. The summed E-state index contributed by atoms with van der Waals surface area (Å²) in [7, 11) is 0. The van der Waals surface area contributed by atoms with Crippen molar-refractivity contribution in [3.8, 4) is 5.75 Å². The molecule has 7 heteroatoms. The molecule has 27 heavy (non-hydrogen) atoms. The quantitative estimate of drug-likeness (QED) is 0.869. The summed E-state index contributed by atoms with van der Waals surface area (Å²) in [5.41, 5.74) is 8.89. The van der Waals surface area contributed by atoms with Crippen LogP contribution in [0.5, 0.6) is 5.75 Å². The van der Waals surface area contributed by atoms with E-state index in [4.69, 9.17) is 10.5 Å². The average molecular weight is 367 g/mol. The predicted molar refractivity (Wildman–Crippen MR) is 103 cm³/mol. The first-order valence-electron chi connectivity index (χ1n) is 9.38. The zero-order chi connectivity index (χ0) is 19.0. The highest BCUT2D eigenvalue weighted by molar-refractivity contribution is 5.91. The Balaban J connectivity index is 1.63. The van der Waals surface area contributed by atoms with Gasteiger partial charge in [-0.15, -0.1) is 0 Å². The topological polar surface area (TPSA) is 84.6 Å². The molecule has 0 unspecified atom stereocenters. The van der Waals surface area contributed by atoms with E-state index in [1.54, 1.807) is 4.90 Å². The molecule has 1 atom stereocenters. The standard InChI is InChI=1S/C20H25N5O2/c1-13-14(2)22-18(23-19(13)24-8-7-16(21)12-24)20(26)25-9-10-27-17-6-4-3-5-15(17)11-25/h3-6,16H,7-12,21H2,1-2H3/t16-/m1/s1. The molecule has 0 bridgehead atoms. The first-order valence-corrected chi connectivity index (χ1v) is 9.38. The molecule has 2 aromatic rings. The van der Waals surface area contributed by atoms with Crippen LogP contribution in [0.4, 0.5) is 5.82 Å². The van der Waals surface area contributed by atoms with Crippen LogP contribution < -0.4 is 15.4 Å². The summed E-state index contributed by atoms with van der Waals surface area (Å²) in [5, 5.41) is 0. The number of hydrogen-bond acceptors (Lipinski definition) is 6.